The van der Waals surface area contributed by atoms with E-state index in [0.29, 0.717) is 16.7 Å². The maximum atomic E-state index is 11.1. The molecule has 0 aliphatic carbocycles. The number of benzene rings is 1. The molecule has 3 nitrogen and oxygen atoms in total. The van der Waals surface area contributed by atoms with Gasteiger partial charge in [-0.25, -0.2) is 0 Å². The van der Waals surface area contributed by atoms with Gasteiger partial charge in [0.05, 0.1) is 16.0 Å². The van der Waals surface area contributed by atoms with Crippen LogP contribution in [0.2, 0.25) is 0 Å². The Morgan fingerprint density at radius 3 is 2.40 bits per heavy atom. The predicted octanol–water partition coefficient (Wildman–Crippen LogP) is 2.45. The Morgan fingerprint density at radius 1 is 1.33 bits per heavy atom. The summed E-state index contributed by atoms with van der Waals surface area (Å²) in [5.74, 6) is -0.0383. The summed E-state index contributed by atoms with van der Waals surface area (Å²) in [4.78, 5) is 10.7. The van der Waals surface area contributed by atoms with Gasteiger partial charge in [0.15, 0.2) is 0 Å². The lowest BCUT2D eigenvalue weighted by atomic mass is 10.0. The number of ketones is 1. The molecule has 0 spiro atoms. The maximum Gasteiger partial charge on any atom is 0.147 e. The predicted molar refractivity (Wildman–Crippen MR) is 58.2 cm³/mol. The highest BCUT2D eigenvalue weighted by Gasteiger charge is 2.14. The van der Waals surface area contributed by atoms with E-state index in [1.54, 1.807) is 18.2 Å². The van der Waals surface area contributed by atoms with Crippen molar-refractivity contribution in [3.63, 3.8) is 0 Å². The lowest BCUT2D eigenvalue weighted by molar-refractivity contribution is -0.116. The van der Waals surface area contributed by atoms with Gasteiger partial charge < -0.3 is 0 Å². The fourth-order valence-electron chi connectivity index (χ4n) is 1.14. The molecule has 4 heteroatoms. The average molecular weight is 263 g/mol. The first-order valence-corrected chi connectivity index (χ1v) is 5.10. The third-order valence-corrected chi connectivity index (χ3v) is 3.11. The fourth-order valence-corrected chi connectivity index (χ4v) is 1.43. The van der Waals surface area contributed by atoms with Crippen LogP contribution in [-0.4, -0.2) is 5.78 Å². The van der Waals surface area contributed by atoms with Crippen LogP contribution < -0.4 is 0 Å². The molecule has 0 radical (unpaired) electrons. The van der Waals surface area contributed by atoms with Crippen molar-refractivity contribution in [3.8, 4) is 12.1 Å². The standard InChI is InChI=1S/C11H7BrN2O/c1-7(15)11(12)8-2-3-9(5-13)10(4-8)6-14/h2-4,11H,1H3. The maximum absolute atomic E-state index is 11.1. The van der Waals surface area contributed by atoms with Gasteiger partial charge in [-0.3, -0.25) is 4.79 Å². The molecule has 1 unspecified atom stereocenters. The quantitative estimate of drug-likeness (QED) is 0.770. The number of hydrogen-bond acceptors (Lipinski definition) is 3. The van der Waals surface area contributed by atoms with Crippen molar-refractivity contribution in [3.05, 3.63) is 34.9 Å². The van der Waals surface area contributed by atoms with E-state index in [4.69, 9.17) is 10.5 Å². The molecule has 0 heterocycles. The van der Waals surface area contributed by atoms with Crippen molar-refractivity contribution < 1.29 is 4.79 Å². The number of hydrogen-bond donors (Lipinski definition) is 0. The molecule has 0 saturated heterocycles. The van der Waals surface area contributed by atoms with E-state index >= 15 is 0 Å². The highest BCUT2D eigenvalue weighted by molar-refractivity contribution is 9.09. The summed E-state index contributed by atoms with van der Waals surface area (Å²) in [6.45, 7) is 1.46. The summed E-state index contributed by atoms with van der Waals surface area (Å²) in [6.07, 6.45) is 0. The Kier molecular flexibility index (Phi) is 3.60. The molecular formula is C11H7BrN2O. The highest BCUT2D eigenvalue weighted by atomic mass is 79.9. The second-order valence-electron chi connectivity index (χ2n) is 3.00. The Hall–Kier alpha value is -1.65. The first-order valence-electron chi connectivity index (χ1n) is 4.18. The zero-order valence-corrected chi connectivity index (χ0v) is 9.58. The first-order chi connectivity index (χ1) is 7.10. The normalized spacial score (nSPS) is 11.2. The number of nitrogens with zero attached hydrogens (tertiary/aromatic N) is 2. The molecule has 1 atom stereocenters. The third-order valence-electron chi connectivity index (χ3n) is 1.93. The molecule has 1 aromatic rings. The second-order valence-corrected chi connectivity index (χ2v) is 3.92. The first kappa shape index (κ1) is 11.4. The molecule has 0 fully saturated rings. The Labute approximate surface area is 96.1 Å². The molecule has 1 rings (SSSR count). The Balaban J connectivity index is 3.22. The Morgan fingerprint density at radius 2 is 1.93 bits per heavy atom. The van der Waals surface area contributed by atoms with Gasteiger partial charge >= 0.3 is 0 Å². The molecule has 74 valence electrons. The third kappa shape index (κ3) is 2.43. The van der Waals surface area contributed by atoms with E-state index in [1.807, 2.05) is 12.1 Å². The van der Waals surface area contributed by atoms with E-state index in [9.17, 15) is 4.79 Å². The molecule has 0 saturated carbocycles. The number of alkyl halides is 1. The van der Waals surface area contributed by atoms with Crippen molar-refractivity contribution >= 4 is 21.7 Å². The van der Waals surface area contributed by atoms with Crippen molar-refractivity contribution in [1.29, 1.82) is 10.5 Å². The molecular weight excluding hydrogens is 256 g/mol. The van der Waals surface area contributed by atoms with E-state index in [1.165, 1.54) is 6.92 Å². The van der Waals surface area contributed by atoms with Crippen LogP contribution in [0.15, 0.2) is 18.2 Å². The lowest BCUT2D eigenvalue weighted by Crippen LogP contribution is -2.01. The van der Waals surface area contributed by atoms with Gasteiger partial charge in [0.25, 0.3) is 0 Å². The summed E-state index contributed by atoms with van der Waals surface area (Å²) in [5, 5.41) is 17.5. The molecule has 0 aliphatic rings. The number of nitriles is 2. The minimum atomic E-state index is -0.419. The molecule has 0 amide bonds. The molecule has 15 heavy (non-hydrogen) atoms. The van der Waals surface area contributed by atoms with Gasteiger partial charge in [-0.15, -0.1) is 0 Å². The minimum Gasteiger partial charge on any atom is -0.298 e. The number of Topliss-reactive ketones (excluding diaryl/α,β-unsaturated/α-hetero) is 1. The van der Waals surface area contributed by atoms with Crippen LogP contribution in [0.3, 0.4) is 0 Å². The van der Waals surface area contributed by atoms with Crippen LogP contribution in [0.4, 0.5) is 0 Å². The summed E-state index contributed by atoms with van der Waals surface area (Å²) in [7, 11) is 0. The molecule has 0 N–H and O–H groups in total. The highest BCUT2D eigenvalue weighted by Crippen LogP contribution is 2.25. The molecule has 0 aliphatic heterocycles. The SMILES string of the molecule is CC(=O)C(Br)c1ccc(C#N)c(C#N)c1. The number of carbonyl (C=O) groups excluding carboxylic acids is 1. The Bertz CT molecular complexity index is 482. The van der Waals surface area contributed by atoms with E-state index < -0.39 is 4.83 Å². The fraction of sp³-hybridized carbons (Fsp3) is 0.182. The second kappa shape index (κ2) is 4.72. The van der Waals surface area contributed by atoms with Gasteiger partial charge in [-0.1, -0.05) is 22.0 Å². The zero-order valence-electron chi connectivity index (χ0n) is 7.99. The number of carbonyl (C=O) groups is 1. The van der Waals surface area contributed by atoms with Crippen LogP contribution in [0.5, 0.6) is 0 Å². The van der Waals surface area contributed by atoms with Crippen LogP contribution >= 0.6 is 15.9 Å². The van der Waals surface area contributed by atoms with Gasteiger partial charge in [0, 0.05) is 0 Å². The molecule has 1 aromatic carbocycles. The van der Waals surface area contributed by atoms with Gasteiger partial charge in [0.2, 0.25) is 0 Å². The summed E-state index contributed by atoms with van der Waals surface area (Å²) < 4.78 is 0. The van der Waals surface area contributed by atoms with Gasteiger partial charge in [-0.2, -0.15) is 10.5 Å². The van der Waals surface area contributed by atoms with Gasteiger partial charge in [0.1, 0.15) is 17.9 Å². The monoisotopic (exact) mass is 262 g/mol. The molecule has 0 aromatic heterocycles. The topological polar surface area (TPSA) is 64.7 Å². The van der Waals surface area contributed by atoms with Crippen molar-refractivity contribution in [2.75, 3.05) is 0 Å². The van der Waals surface area contributed by atoms with Gasteiger partial charge in [-0.05, 0) is 24.6 Å². The van der Waals surface area contributed by atoms with E-state index in [0.717, 1.165) is 0 Å². The van der Waals surface area contributed by atoms with Crippen molar-refractivity contribution in [2.45, 2.75) is 11.8 Å². The molecule has 0 bridgehead atoms. The smallest absolute Gasteiger partial charge is 0.147 e. The van der Waals surface area contributed by atoms with Crippen LogP contribution in [0.25, 0.3) is 0 Å². The number of halogens is 1. The number of rotatable bonds is 2. The van der Waals surface area contributed by atoms with E-state index in [2.05, 4.69) is 15.9 Å². The minimum absolute atomic E-state index is 0.0383. The summed E-state index contributed by atoms with van der Waals surface area (Å²) in [5.41, 5.74) is 1.31. The summed E-state index contributed by atoms with van der Waals surface area (Å²) in [6, 6.07) is 8.61. The van der Waals surface area contributed by atoms with Crippen molar-refractivity contribution in [2.24, 2.45) is 0 Å². The average Bonchev–Trinajstić information content (AvgIpc) is 2.26. The van der Waals surface area contributed by atoms with Crippen LogP contribution in [0.1, 0.15) is 28.4 Å². The summed E-state index contributed by atoms with van der Waals surface area (Å²) >= 11 is 3.22. The van der Waals surface area contributed by atoms with Crippen LogP contribution in [-0.2, 0) is 4.79 Å². The largest absolute Gasteiger partial charge is 0.298 e. The van der Waals surface area contributed by atoms with Crippen LogP contribution in [0, 0.1) is 22.7 Å². The van der Waals surface area contributed by atoms with E-state index in [-0.39, 0.29) is 5.78 Å². The van der Waals surface area contributed by atoms with Crippen molar-refractivity contribution in [1.82, 2.24) is 0 Å². The lowest BCUT2D eigenvalue weighted by Gasteiger charge is -2.06. The zero-order chi connectivity index (χ0) is 11.4.